The summed E-state index contributed by atoms with van der Waals surface area (Å²) in [5.41, 5.74) is 6.52. The minimum atomic E-state index is -0.383. The molecular formula is C51H86ClFN2. The number of nitrogens with zero attached hydrogens (tertiary/aromatic N) is 1. The molecule has 2 aromatic carbocycles. The normalized spacial score (nSPS) is 14.2. The minimum absolute atomic E-state index is 0.346. The largest absolute Gasteiger partial charge is 0.344 e. The first-order chi connectivity index (χ1) is 26.5. The summed E-state index contributed by atoms with van der Waals surface area (Å²) in [6.07, 6.45) is 29.0. The van der Waals surface area contributed by atoms with Crippen molar-refractivity contribution in [2.24, 2.45) is 16.8 Å². The summed E-state index contributed by atoms with van der Waals surface area (Å²) in [4.78, 5) is 4.67. The van der Waals surface area contributed by atoms with Crippen LogP contribution in [0.5, 0.6) is 0 Å². The first kappa shape index (κ1) is 54.5. The SMILES string of the molecule is CC.CC1CCCCC1.CCCC.CCCCCC(C)CCC.CC\C=C(C(=C/N=C(C)Nc1cc(F)cc(Cl)c1)/C(C)=C/CCC)\c1ccc(CC)cc1. The summed E-state index contributed by atoms with van der Waals surface area (Å²) in [5.74, 6) is 2.28. The van der Waals surface area contributed by atoms with E-state index in [0.29, 0.717) is 16.5 Å². The molecule has 0 aliphatic heterocycles. The zero-order valence-corrected chi connectivity index (χ0v) is 38.9. The van der Waals surface area contributed by atoms with E-state index in [2.05, 4.69) is 116 Å². The predicted molar refractivity (Wildman–Crippen MR) is 251 cm³/mol. The molecule has 0 radical (unpaired) electrons. The summed E-state index contributed by atoms with van der Waals surface area (Å²) < 4.78 is 13.7. The third kappa shape index (κ3) is 28.4. The van der Waals surface area contributed by atoms with Crippen LogP contribution in [0, 0.1) is 17.7 Å². The Hall–Kier alpha value is -2.65. The molecule has 2 nitrogen and oxygen atoms in total. The zero-order chi connectivity index (χ0) is 41.9. The number of amidine groups is 1. The van der Waals surface area contributed by atoms with E-state index in [4.69, 9.17) is 11.6 Å². The molecule has 3 rings (SSSR count). The van der Waals surface area contributed by atoms with Crippen molar-refractivity contribution in [2.75, 3.05) is 5.32 Å². The van der Waals surface area contributed by atoms with Crippen LogP contribution >= 0.6 is 11.6 Å². The van der Waals surface area contributed by atoms with E-state index in [1.807, 2.05) is 27.0 Å². The van der Waals surface area contributed by atoms with Crippen LogP contribution in [0.3, 0.4) is 0 Å². The van der Waals surface area contributed by atoms with Gasteiger partial charge in [0.1, 0.15) is 11.7 Å². The number of halogens is 2. The van der Waals surface area contributed by atoms with Gasteiger partial charge in [-0.25, -0.2) is 9.38 Å². The molecule has 1 atom stereocenters. The quantitative estimate of drug-likeness (QED) is 0.0780. The third-order valence-corrected chi connectivity index (χ3v) is 9.80. The number of benzene rings is 2. The second-order valence-corrected chi connectivity index (χ2v) is 15.4. The number of anilines is 1. The first-order valence-corrected chi connectivity index (χ1v) is 22.8. The van der Waals surface area contributed by atoms with E-state index < -0.39 is 0 Å². The van der Waals surface area contributed by atoms with Crippen molar-refractivity contribution in [3.8, 4) is 0 Å². The van der Waals surface area contributed by atoms with Crippen LogP contribution < -0.4 is 5.32 Å². The Balaban J connectivity index is 0. The van der Waals surface area contributed by atoms with Gasteiger partial charge < -0.3 is 5.32 Å². The maximum atomic E-state index is 13.7. The summed E-state index contributed by atoms with van der Waals surface area (Å²) >= 11 is 5.97. The van der Waals surface area contributed by atoms with Crippen LogP contribution in [0.2, 0.25) is 5.02 Å². The van der Waals surface area contributed by atoms with Crippen molar-refractivity contribution in [3.63, 3.8) is 0 Å². The number of aliphatic imine (C=N–C) groups is 1. The van der Waals surface area contributed by atoms with Crippen molar-refractivity contribution in [1.82, 2.24) is 0 Å². The number of hydrogen-bond donors (Lipinski definition) is 1. The Morgan fingerprint density at radius 3 is 1.93 bits per heavy atom. The molecule has 1 aliphatic carbocycles. The van der Waals surface area contributed by atoms with Gasteiger partial charge in [0.2, 0.25) is 0 Å². The molecule has 1 aliphatic rings. The highest BCUT2D eigenvalue weighted by molar-refractivity contribution is 6.30. The average molecular weight is 782 g/mol. The number of hydrogen-bond acceptors (Lipinski definition) is 1. The van der Waals surface area contributed by atoms with Gasteiger partial charge in [0.05, 0.1) is 0 Å². The van der Waals surface area contributed by atoms with Crippen LogP contribution in [0.15, 0.2) is 77.0 Å². The summed E-state index contributed by atoms with van der Waals surface area (Å²) in [6, 6.07) is 13.1. The molecule has 0 heterocycles. The van der Waals surface area contributed by atoms with Crippen molar-refractivity contribution in [2.45, 2.75) is 199 Å². The summed E-state index contributed by atoms with van der Waals surface area (Å²) in [7, 11) is 0. The lowest BCUT2D eigenvalue weighted by atomic mass is 9.91. The number of allylic oxidation sites excluding steroid dienone is 5. The maximum Gasteiger partial charge on any atom is 0.126 e. The summed E-state index contributed by atoms with van der Waals surface area (Å²) in [6.45, 7) is 28.1. The Morgan fingerprint density at radius 1 is 0.818 bits per heavy atom. The fraction of sp³-hybridized carbons (Fsp3) is 0.627. The highest BCUT2D eigenvalue weighted by atomic mass is 35.5. The van der Waals surface area contributed by atoms with Crippen LogP contribution in [0.25, 0.3) is 5.57 Å². The van der Waals surface area contributed by atoms with E-state index in [0.717, 1.165) is 43.1 Å². The fourth-order valence-electron chi connectivity index (χ4n) is 6.08. The maximum absolute atomic E-state index is 13.7. The van der Waals surface area contributed by atoms with Crippen LogP contribution in [-0.2, 0) is 6.42 Å². The number of aryl methyl sites for hydroxylation is 1. The molecule has 1 unspecified atom stereocenters. The van der Waals surface area contributed by atoms with Gasteiger partial charge in [0.25, 0.3) is 0 Å². The Bertz CT molecular complexity index is 1290. The molecule has 0 aromatic heterocycles. The van der Waals surface area contributed by atoms with Gasteiger partial charge in [-0.2, -0.15) is 0 Å². The van der Waals surface area contributed by atoms with Gasteiger partial charge in [0, 0.05) is 22.5 Å². The highest BCUT2D eigenvalue weighted by Gasteiger charge is 2.11. The molecule has 0 saturated heterocycles. The van der Waals surface area contributed by atoms with Crippen LogP contribution in [0.1, 0.15) is 204 Å². The standard InChI is InChI=1S/C28H34ClFN2.C10H22.C7H14.C4H10.C2H6/c1-6-9-11-20(4)28(27(10-7-2)23-14-12-22(8-3)13-15-23)19-31-21(5)32-26-17-24(29)16-25(30)18-26;1-4-6-7-9-10(3)8-5-2;1-7-5-3-2-4-6-7;1-3-4-2;1-2/h10-19H,6-9H2,1-5H3,(H,31,32);10H,4-9H2,1-3H3;7H,2-6H2,1H3;3-4H2,1-2H3;1-2H3/b20-11+,27-10-,28-19+;;;;. The van der Waals surface area contributed by atoms with Gasteiger partial charge in [-0.1, -0.05) is 214 Å². The molecule has 2 aromatic rings. The number of unbranched alkanes of at least 4 members (excludes halogenated alkanes) is 4. The average Bonchev–Trinajstić information content (AvgIpc) is 3.18. The Labute approximate surface area is 347 Å². The van der Waals surface area contributed by atoms with Gasteiger partial charge in [-0.05, 0) is 85.4 Å². The predicted octanol–water partition coefficient (Wildman–Crippen LogP) is 18.4. The van der Waals surface area contributed by atoms with E-state index in [1.54, 1.807) is 6.07 Å². The van der Waals surface area contributed by atoms with Crippen LogP contribution in [0.4, 0.5) is 10.1 Å². The molecule has 1 N–H and O–H groups in total. The zero-order valence-electron chi connectivity index (χ0n) is 38.2. The lowest BCUT2D eigenvalue weighted by molar-refractivity contribution is 0.385. The first-order valence-electron chi connectivity index (χ1n) is 22.4. The minimum Gasteiger partial charge on any atom is -0.344 e. The molecule has 4 heteroatoms. The molecule has 1 fully saturated rings. The van der Waals surface area contributed by atoms with E-state index in [-0.39, 0.29) is 5.82 Å². The van der Waals surface area contributed by atoms with E-state index >= 15 is 0 Å². The van der Waals surface area contributed by atoms with Crippen molar-refractivity contribution >= 4 is 28.7 Å². The highest BCUT2D eigenvalue weighted by Crippen LogP contribution is 2.30. The molecule has 0 bridgehead atoms. The molecule has 55 heavy (non-hydrogen) atoms. The monoisotopic (exact) mass is 781 g/mol. The van der Waals surface area contributed by atoms with Gasteiger partial charge in [-0.15, -0.1) is 0 Å². The molecular weight excluding hydrogens is 695 g/mol. The second kappa shape index (κ2) is 37.0. The Morgan fingerprint density at radius 2 is 1.45 bits per heavy atom. The van der Waals surface area contributed by atoms with Crippen LogP contribution in [-0.4, -0.2) is 5.84 Å². The lowest BCUT2D eigenvalue weighted by Gasteiger charge is -2.15. The topological polar surface area (TPSA) is 24.4 Å². The fourth-order valence-corrected chi connectivity index (χ4v) is 6.30. The Kier molecular flexibility index (Phi) is 36.6. The van der Waals surface area contributed by atoms with E-state index in [1.165, 1.54) is 118 Å². The molecule has 0 spiro atoms. The molecule has 1 saturated carbocycles. The summed E-state index contributed by atoms with van der Waals surface area (Å²) in [5, 5.41) is 3.47. The lowest BCUT2D eigenvalue weighted by Crippen LogP contribution is -2.07. The van der Waals surface area contributed by atoms with E-state index in [9.17, 15) is 4.39 Å². The van der Waals surface area contributed by atoms with Gasteiger partial charge in [-0.3, -0.25) is 0 Å². The van der Waals surface area contributed by atoms with Crippen molar-refractivity contribution in [3.05, 3.63) is 93.9 Å². The van der Waals surface area contributed by atoms with Gasteiger partial charge >= 0.3 is 0 Å². The third-order valence-electron chi connectivity index (χ3n) is 9.59. The smallest absolute Gasteiger partial charge is 0.126 e. The number of rotatable bonds is 16. The molecule has 314 valence electrons. The van der Waals surface area contributed by atoms with Crippen molar-refractivity contribution in [1.29, 1.82) is 0 Å². The van der Waals surface area contributed by atoms with Gasteiger partial charge in [0.15, 0.2) is 0 Å². The molecule has 0 amide bonds. The van der Waals surface area contributed by atoms with Crippen molar-refractivity contribution < 1.29 is 4.39 Å². The number of nitrogens with one attached hydrogen (secondary N) is 1. The second-order valence-electron chi connectivity index (χ2n) is 14.9.